The Hall–Kier alpha value is -2.24. The van der Waals surface area contributed by atoms with Crippen molar-refractivity contribution in [1.82, 2.24) is 13.5 Å². The van der Waals surface area contributed by atoms with Crippen molar-refractivity contribution in [2.75, 3.05) is 57.3 Å². The lowest BCUT2D eigenvalue weighted by Gasteiger charge is -2.39. The second-order valence-electron chi connectivity index (χ2n) is 9.05. The lowest BCUT2D eigenvalue weighted by molar-refractivity contribution is -0.384. The van der Waals surface area contributed by atoms with Crippen LogP contribution in [0.2, 0.25) is 0 Å². The summed E-state index contributed by atoms with van der Waals surface area (Å²) < 4.78 is 29.2. The van der Waals surface area contributed by atoms with Gasteiger partial charge in [0, 0.05) is 64.3 Å². The van der Waals surface area contributed by atoms with Gasteiger partial charge in [0.05, 0.1) is 4.92 Å². The summed E-state index contributed by atoms with van der Waals surface area (Å²) >= 11 is 0. The summed E-state index contributed by atoms with van der Waals surface area (Å²) in [6.07, 6.45) is 5.23. The van der Waals surface area contributed by atoms with Gasteiger partial charge in [-0.05, 0) is 31.7 Å². The number of benzene rings is 1. The largest absolute Gasteiger partial charge is 0.366 e. The monoisotopic (exact) mass is 479 g/mol. The third-order valence-electron chi connectivity index (χ3n) is 7.03. The van der Waals surface area contributed by atoms with Crippen LogP contribution in [0.3, 0.4) is 0 Å². The molecule has 0 N–H and O–H groups in total. The zero-order valence-electron chi connectivity index (χ0n) is 19.0. The zero-order chi connectivity index (χ0) is 23.4. The number of carbonyl (C=O) groups is 1. The van der Waals surface area contributed by atoms with E-state index >= 15 is 0 Å². The Balaban J connectivity index is 1.30. The van der Waals surface area contributed by atoms with E-state index in [1.807, 2.05) is 4.90 Å². The van der Waals surface area contributed by atoms with Gasteiger partial charge in [0.2, 0.25) is 5.91 Å². The second kappa shape index (κ2) is 10.4. The number of hydrogen-bond donors (Lipinski definition) is 0. The molecule has 10 nitrogen and oxygen atoms in total. The van der Waals surface area contributed by atoms with Crippen molar-refractivity contribution in [3.63, 3.8) is 0 Å². The van der Waals surface area contributed by atoms with Crippen LogP contribution in [-0.4, -0.2) is 85.1 Å². The highest BCUT2D eigenvalue weighted by atomic mass is 32.2. The Kier molecular flexibility index (Phi) is 7.50. The van der Waals surface area contributed by atoms with E-state index in [0.717, 1.165) is 25.7 Å². The molecular weight excluding hydrogens is 446 g/mol. The Labute approximate surface area is 195 Å². The predicted molar refractivity (Wildman–Crippen MR) is 125 cm³/mol. The van der Waals surface area contributed by atoms with Crippen LogP contribution in [0.4, 0.5) is 11.4 Å². The van der Waals surface area contributed by atoms with Crippen molar-refractivity contribution in [2.45, 2.75) is 38.5 Å². The number of carbonyl (C=O) groups excluding carboxylic acids is 1. The van der Waals surface area contributed by atoms with Crippen molar-refractivity contribution >= 4 is 27.5 Å². The van der Waals surface area contributed by atoms with E-state index in [2.05, 4.69) is 0 Å². The standard InChI is InChI=1S/C22H33N5O5S/c28-22(19-9-13-23(14-10-19)20-7-3-4-8-21(20)27(29)30)24-15-17-26(18-16-24)33(31,32)25-11-5-1-2-6-12-25/h3-4,7-8,19H,1-2,5-6,9-18H2. The Morgan fingerprint density at radius 3 is 2.03 bits per heavy atom. The van der Waals surface area contributed by atoms with Crippen LogP contribution >= 0.6 is 0 Å². The third kappa shape index (κ3) is 5.30. The molecule has 0 bridgehead atoms. The summed E-state index contributed by atoms with van der Waals surface area (Å²) in [7, 11) is -3.46. The fourth-order valence-electron chi connectivity index (χ4n) is 5.09. The number of nitro groups is 1. The molecule has 3 fully saturated rings. The van der Waals surface area contributed by atoms with Crippen molar-refractivity contribution < 1.29 is 18.1 Å². The SMILES string of the molecule is O=C(C1CCN(c2ccccc2[N+](=O)[O-])CC1)N1CCN(S(=O)(=O)N2CCCCCC2)CC1. The minimum absolute atomic E-state index is 0.0732. The smallest absolute Gasteiger partial charge is 0.292 e. The maximum Gasteiger partial charge on any atom is 0.292 e. The molecule has 1 aromatic rings. The summed E-state index contributed by atoms with van der Waals surface area (Å²) in [5.41, 5.74) is 0.685. The summed E-state index contributed by atoms with van der Waals surface area (Å²) in [5, 5.41) is 11.3. The van der Waals surface area contributed by atoms with Gasteiger partial charge in [0.1, 0.15) is 5.69 Å². The summed E-state index contributed by atoms with van der Waals surface area (Å²) in [5.74, 6) is -0.0539. The summed E-state index contributed by atoms with van der Waals surface area (Å²) in [4.78, 5) is 27.8. The number of piperidine rings is 1. The lowest BCUT2D eigenvalue weighted by Crippen LogP contribution is -2.55. The van der Waals surface area contributed by atoms with Crippen LogP contribution in [0, 0.1) is 16.0 Å². The average molecular weight is 480 g/mol. The van der Waals surface area contributed by atoms with Gasteiger partial charge in [-0.3, -0.25) is 14.9 Å². The van der Waals surface area contributed by atoms with Gasteiger partial charge in [-0.25, -0.2) is 0 Å². The van der Waals surface area contributed by atoms with Crippen molar-refractivity contribution in [1.29, 1.82) is 0 Å². The average Bonchev–Trinajstić information content (AvgIpc) is 3.14. The van der Waals surface area contributed by atoms with E-state index in [4.69, 9.17) is 0 Å². The molecule has 3 aliphatic rings. The van der Waals surface area contributed by atoms with Crippen LogP contribution in [0.5, 0.6) is 0 Å². The topological polar surface area (TPSA) is 107 Å². The maximum atomic E-state index is 13.1. The predicted octanol–water partition coefficient (Wildman–Crippen LogP) is 2.08. The highest BCUT2D eigenvalue weighted by molar-refractivity contribution is 7.86. The molecule has 3 aliphatic heterocycles. The third-order valence-corrected chi connectivity index (χ3v) is 9.07. The first-order valence-electron chi connectivity index (χ1n) is 11.9. The number of hydrogen-bond acceptors (Lipinski definition) is 6. The van der Waals surface area contributed by atoms with Crippen LogP contribution in [0.15, 0.2) is 24.3 Å². The molecule has 0 aliphatic carbocycles. The van der Waals surface area contributed by atoms with Gasteiger partial charge < -0.3 is 9.80 Å². The summed E-state index contributed by atoms with van der Waals surface area (Å²) in [6, 6.07) is 6.71. The molecule has 4 rings (SSSR count). The Morgan fingerprint density at radius 2 is 1.42 bits per heavy atom. The minimum Gasteiger partial charge on any atom is -0.366 e. The van der Waals surface area contributed by atoms with E-state index < -0.39 is 10.2 Å². The van der Waals surface area contributed by atoms with Gasteiger partial charge in [-0.2, -0.15) is 17.0 Å². The highest BCUT2D eigenvalue weighted by Crippen LogP contribution is 2.31. The molecule has 1 amide bonds. The van der Waals surface area contributed by atoms with Gasteiger partial charge in [-0.1, -0.05) is 25.0 Å². The highest BCUT2D eigenvalue weighted by Gasteiger charge is 2.36. The molecule has 3 heterocycles. The van der Waals surface area contributed by atoms with Crippen LogP contribution in [0.1, 0.15) is 38.5 Å². The van der Waals surface area contributed by atoms with Crippen molar-refractivity contribution in [2.24, 2.45) is 5.92 Å². The second-order valence-corrected chi connectivity index (χ2v) is 11.0. The van der Waals surface area contributed by atoms with E-state index in [9.17, 15) is 23.3 Å². The fraction of sp³-hybridized carbons (Fsp3) is 0.682. The molecule has 0 aromatic heterocycles. The van der Waals surface area contributed by atoms with Crippen molar-refractivity contribution in [3.05, 3.63) is 34.4 Å². The van der Waals surface area contributed by atoms with E-state index in [1.165, 1.54) is 10.4 Å². The van der Waals surface area contributed by atoms with E-state index in [-0.39, 0.29) is 22.4 Å². The Bertz CT molecular complexity index is 948. The summed E-state index contributed by atoms with van der Waals surface area (Å²) in [6.45, 7) is 3.83. The molecule has 3 saturated heterocycles. The molecule has 182 valence electrons. The van der Waals surface area contributed by atoms with Crippen LogP contribution < -0.4 is 4.90 Å². The first-order chi connectivity index (χ1) is 15.9. The molecule has 11 heteroatoms. The number of anilines is 1. The molecule has 0 atom stereocenters. The van der Waals surface area contributed by atoms with Gasteiger partial charge in [0.25, 0.3) is 15.9 Å². The van der Waals surface area contributed by atoms with Gasteiger partial charge in [0.15, 0.2) is 0 Å². The molecule has 0 spiro atoms. The molecule has 0 saturated carbocycles. The van der Waals surface area contributed by atoms with Gasteiger partial charge in [-0.15, -0.1) is 0 Å². The molecule has 0 unspecified atom stereocenters. The van der Waals surface area contributed by atoms with Gasteiger partial charge >= 0.3 is 0 Å². The van der Waals surface area contributed by atoms with E-state index in [0.29, 0.717) is 70.9 Å². The molecular formula is C22H33N5O5S. The first-order valence-corrected chi connectivity index (χ1v) is 13.3. The lowest BCUT2D eigenvalue weighted by atomic mass is 9.94. The molecule has 1 aromatic carbocycles. The number of rotatable bonds is 5. The van der Waals surface area contributed by atoms with E-state index in [1.54, 1.807) is 27.4 Å². The number of nitrogens with zero attached hydrogens (tertiary/aromatic N) is 5. The quantitative estimate of drug-likeness (QED) is 0.473. The number of para-hydroxylation sites is 2. The molecule has 0 radical (unpaired) electrons. The number of piperazine rings is 1. The number of nitro benzene ring substituents is 1. The zero-order valence-corrected chi connectivity index (χ0v) is 19.8. The first kappa shape index (κ1) is 23.9. The normalized spacial score (nSPS) is 22.2. The fourth-order valence-corrected chi connectivity index (χ4v) is 6.76. The maximum absolute atomic E-state index is 13.1. The Morgan fingerprint density at radius 1 is 0.848 bits per heavy atom. The van der Waals surface area contributed by atoms with Crippen molar-refractivity contribution in [3.8, 4) is 0 Å². The van der Waals surface area contributed by atoms with Crippen LogP contribution in [-0.2, 0) is 15.0 Å². The molecule has 33 heavy (non-hydrogen) atoms. The minimum atomic E-state index is -3.46. The van der Waals surface area contributed by atoms with Crippen LogP contribution in [0.25, 0.3) is 0 Å². The number of amides is 1.